The smallest absolute Gasteiger partial charge is 0.277 e. The van der Waals surface area contributed by atoms with Gasteiger partial charge in [-0.1, -0.05) is 0 Å². The van der Waals surface area contributed by atoms with Crippen LogP contribution in [0, 0.1) is 11.7 Å². The third-order valence-corrected chi connectivity index (χ3v) is 4.36. The van der Waals surface area contributed by atoms with Crippen LogP contribution in [0.2, 0.25) is 0 Å². The van der Waals surface area contributed by atoms with Crippen LogP contribution >= 0.6 is 0 Å². The maximum Gasteiger partial charge on any atom is 0.277 e. The summed E-state index contributed by atoms with van der Waals surface area (Å²) in [7, 11) is 0. The third-order valence-electron chi connectivity index (χ3n) is 4.36. The summed E-state index contributed by atoms with van der Waals surface area (Å²) in [6.45, 7) is 0.967. The van der Waals surface area contributed by atoms with Gasteiger partial charge in [-0.2, -0.15) is 0 Å². The number of nitrogens with zero attached hydrogens (tertiary/aromatic N) is 1. The third kappa shape index (κ3) is 2.03. The van der Waals surface area contributed by atoms with E-state index < -0.39 is 0 Å². The van der Waals surface area contributed by atoms with Crippen LogP contribution in [0.15, 0.2) is 35.1 Å². The van der Waals surface area contributed by atoms with E-state index in [1.165, 1.54) is 30.7 Å². The number of nitrogens with one attached hydrogen (secondary N) is 2. The predicted octanol–water partition coefficient (Wildman–Crippen LogP) is 2.14. The summed E-state index contributed by atoms with van der Waals surface area (Å²) in [5.41, 5.74) is 0.854. The Hall–Kier alpha value is -2.21. The van der Waals surface area contributed by atoms with Crippen LogP contribution in [0.5, 0.6) is 0 Å². The number of amides is 1. The van der Waals surface area contributed by atoms with Crippen LogP contribution in [0.1, 0.15) is 28.6 Å². The van der Waals surface area contributed by atoms with Crippen molar-refractivity contribution >= 4 is 11.6 Å². The van der Waals surface area contributed by atoms with Gasteiger partial charge in [-0.3, -0.25) is 4.79 Å². The molecule has 3 unspecified atom stereocenters. The summed E-state index contributed by atoms with van der Waals surface area (Å²) in [4.78, 5) is 16.4. The van der Waals surface area contributed by atoms with Crippen LogP contribution in [-0.4, -0.2) is 23.5 Å². The van der Waals surface area contributed by atoms with Crippen LogP contribution in [0.3, 0.4) is 0 Å². The second-order valence-electron chi connectivity index (χ2n) is 5.56. The molecule has 3 aliphatic rings. The molecule has 0 spiro atoms. The lowest BCUT2D eigenvalue weighted by Crippen LogP contribution is -2.35. The molecule has 1 saturated carbocycles. The summed E-state index contributed by atoms with van der Waals surface area (Å²) in [5, 5.41) is 6.11. The van der Waals surface area contributed by atoms with Crippen molar-refractivity contribution in [1.82, 2.24) is 10.3 Å². The predicted molar refractivity (Wildman–Crippen MR) is 73.5 cm³/mol. The average molecular weight is 287 g/mol. The fraction of sp³-hybridized carbons (Fsp3) is 0.333. The van der Waals surface area contributed by atoms with E-state index in [9.17, 15) is 9.18 Å². The van der Waals surface area contributed by atoms with Gasteiger partial charge in [-0.15, -0.1) is 0 Å². The lowest BCUT2D eigenvalue weighted by Gasteiger charge is -2.32. The molecule has 1 aliphatic carbocycles. The van der Waals surface area contributed by atoms with Gasteiger partial charge in [0.1, 0.15) is 11.6 Å². The largest absolute Gasteiger partial charge is 0.447 e. The SMILES string of the molecule is O=C(Nc1ccc(F)cc1)c1ncoc1C1C2CNC1C2. The van der Waals surface area contributed by atoms with Gasteiger partial charge in [0.15, 0.2) is 12.1 Å². The monoisotopic (exact) mass is 287 g/mol. The molecule has 2 aromatic rings. The highest BCUT2D eigenvalue weighted by Crippen LogP contribution is 2.47. The zero-order chi connectivity index (χ0) is 14.4. The van der Waals surface area contributed by atoms with E-state index in [0.717, 1.165) is 13.0 Å². The minimum absolute atomic E-state index is 0.237. The highest BCUT2D eigenvalue weighted by Gasteiger charge is 2.50. The lowest BCUT2D eigenvalue weighted by molar-refractivity contribution is 0.101. The topological polar surface area (TPSA) is 67.2 Å². The zero-order valence-corrected chi connectivity index (χ0v) is 11.2. The Morgan fingerprint density at radius 3 is 2.86 bits per heavy atom. The highest BCUT2D eigenvalue weighted by molar-refractivity contribution is 6.03. The van der Waals surface area contributed by atoms with Crippen molar-refractivity contribution in [3.8, 4) is 0 Å². The summed E-state index contributed by atoms with van der Waals surface area (Å²) in [6.07, 6.45) is 2.44. The highest BCUT2D eigenvalue weighted by atomic mass is 19.1. The number of fused-ring (bicyclic) bond motifs is 1. The van der Waals surface area contributed by atoms with Gasteiger partial charge in [-0.25, -0.2) is 9.37 Å². The maximum absolute atomic E-state index is 12.9. The van der Waals surface area contributed by atoms with E-state index in [4.69, 9.17) is 4.42 Å². The van der Waals surface area contributed by atoms with E-state index in [-0.39, 0.29) is 17.6 Å². The summed E-state index contributed by atoms with van der Waals surface area (Å²) in [6, 6.07) is 6.02. The van der Waals surface area contributed by atoms with Gasteiger partial charge >= 0.3 is 0 Å². The number of anilines is 1. The second kappa shape index (κ2) is 4.66. The molecule has 2 saturated heterocycles. The van der Waals surface area contributed by atoms with Crippen molar-refractivity contribution in [2.75, 3.05) is 11.9 Å². The molecular weight excluding hydrogens is 273 g/mol. The normalized spacial score (nSPS) is 26.4. The van der Waals surface area contributed by atoms with Gasteiger partial charge in [0.05, 0.1) is 0 Å². The molecular formula is C15H14FN3O2. The number of oxazole rings is 1. The Balaban J connectivity index is 1.55. The number of benzene rings is 1. The zero-order valence-electron chi connectivity index (χ0n) is 11.2. The van der Waals surface area contributed by atoms with E-state index >= 15 is 0 Å². The van der Waals surface area contributed by atoms with Gasteiger partial charge in [0, 0.05) is 17.6 Å². The quantitative estimate of drug-likeness (QED) is 0.907. The molecule has 1 aromatic carbocycles. The molecule has 6 heteroatoms. The second-order valence-corrected chi connectivity index (χ2v) is 5.56. The molecule has 5 rings (SSSR count). The number of hydrogen-bond acceptors (Lipinski definition) is 4. The van der Waals surface area contributed by atoms with Crippen molar-refractivity contribution in [3.05, 3.63) is 47.9 Å². The van der Waals surface area contributed by atoms with Crippen molar-refractivity contribution in [2.24, 2.45) is 5.92 Å². The molecule has 2 bridgehead atoms. The number of halogens is 1. The average Bonchev–Trinajstić information content (AvgIpc) is 3.16. The molecule has 3 fully saturated rings. The van der Waals surface area contributed by atoms with E-state index in [2.05, 4.69) is 15.6 Å². The van der Waals surface area contributed by atoms with Gasteiger partial charge in [0.2, 0.25) is 0 Å². The Morgan fingerprint density at radius 1 is 1.38 bits per heavy atom. The number of hydrogen-bond donors (Lipinski definition) is 2. The van der Waals surface area contributed by atoms with Crippen LogP contribution in [-0.2, 0) is 0 Å². The fourth-order valence-corrected chi connectivity index (χ4v) is 3.26. The minimum Gasteiger partial charge on any atom is -0.447 e. The van der Waals surface area contributed by atoms with Crippen molar-refractivity contribution in [2.45, 2.75) is 18.4 Å². The molecule has 21 heavy (non-hydrogen) atoms. The molecule has 1 aromatic heterocycles. The molecule has 2 aliphatic heterocycles. The fourth-order valence-electron chi connectivity index (χ4n) is 3.26. The Labute approximate surface area is 120 Å². The standard InChI is InChI=1S/C15H14FN3O2/c16-9-1-3-10(4-2-9)19-15(20)13-14(21-7-18-13)12-8-5-11(12)17-6-8/h1-4,7-8,11-12,17H,5-6H2,(H,19,20). The lowest BCUT2D eigenvalue weighted by atomic mass is 9.72. The van der Waals surface area contributed by atoms with Crippen LogP contribution in [0.25, 0.3) is 0 Å². The van der Waals surface area contributed by atoms with E-state index in [0.29, 0.717) is 29.1 Å². The first-order valence-corrected chi connectivity index (χ1v) is 6.96. The summed E-state index contributed by atoms with van der Waals surface area (Å²) < 4.78 is 18.3. The van der Waals surface area contributed by atoms with Crippen LogP contribution in [0.4, 0.5) is 10.1 Å². The van der Waals surface area contributed by atoms with Gasteiger partial charge in [0.25, 0.3) is 5.91 Å². The Kier molecular flexibility index (Phi) is 2.78. The summed E-state index contributed by atoms with van der Waals surface area (Å²) in [5.74, 6) is 0.756. The molecule has 108 valence electrons. The first kappa shape index (κ1) is 12.5. The first-order chi connectivity index (χ1) is 10.2. The number of carbonyl (C=O) groups is 1. The molecule has 2 N–H and O–H groups in total. The van der Waals surface area contributed by atoms with E-state index in [1.807, 2.05) is 0 Å². The maximum atomic E-state index is 12.9. The van der Waals surface area contributed by atoms with E-state index in [1.54, 1.807) is 0 Å². The molecule has 3 atom stereocenters. The van der Waals surface area contributed by atoms with Gasteiger partial charge < -0.3 is 15.1 Å². The summed E-state index contributed by atoms with van der Waals surface area (Å²) >= 11 is 0. The first-order valence-electron chi connectivity index (χ1n) is 6.96. The number of carbonyl (C=O) groups excluding carboxylic acids is 1. The van der Waals surface area contributed by atoms with Gasteiger partial charge in [-0.05, 0) is 43.1 Å². The van der Waals surface area contributed by atoms with Crippen molar-refractivity contribution in [1.29, 1.82) is 0 Å². The number of aromatic nitrogens is 1. The minimum atomic E-state index is -0.341. The molecule has 3 heterocycles. The van der Waals surface area contributed by atoms with Crippen LogP contribution < -0.4 is 10.6 Å². The Morgan fingerprint density at radius 2 is 2.19 bits per heavy atom. The van der Waals surface area contributed by atoms with Crippen molar-refractivity contribution < 1.29 is 13.6 Å². The molecule has 1 amide bonds. The van der Waals surface area contributed by atoms with Crippen molar-refractivity contribution in [3.63, 3.8) is 0 Å². The Bertz CT molecular complexity index is 668. The number of rotatable bonds is 3. The molecule has 0 radical (unpaired) electrons. The molecule has 5 nitrogen and oxygen atoms in total.